The molecule has 1 aliphatic heterocycles. The molecule has 1 aliphatic rings. The Bertz CT molecular complexity index is 566. The zero-order chi connectivity index (χ0) is 14.0. The summed E-state index contributed by atoms with van der Waals surface area (Å²) in [7, 11) is -3.81. The van der Waals surface area contributed by atoms with E-state index in [1.54, 1.807) is 0 Å². The van der Waals surface area contributed by atoms with Gasteiger partial charge in [0.15, 0.2) is 5.03 Å². The highest BCUT2D eigenvalue weighted by molar-refractivity contribution is 7.89. The van der Waals surface area contributed by atoms with Crippen LogP contribution in [0.2, 0.25) is 0 Å². The van der Waals surface area contributed by atoms with E-state index in [4.69, 9.17) is 5.11 Å². The van der Waals surface area contributed by atoms with Gasteiger partial charge in [0, 0.05) is 13.0 Å². The quantitative estimate of drug-likeness (QED) is 0.844. The summed E-state index contributed by atoms with van der Waals surface area (Å²) in [5, 5.41) is 9.11. The normalized spacial score (nSPS) is 21.4. The Labute approximate surface area is 111 Å². The Morgan fingerprint density at radius 2 is 2.32 bits per heavy atom. The summed E-state index contributed by atoms with van der Waals surface area (Å²) in [6.45, 7) is 2.09. The summed E-state index contributed by atoms with van der Waals surface area (Å²) in [5.41, 5.74) is 0. The van der Waals surface area contributed by atoms with Crippen molar-refractivity contribution in [1.29, 1.82) is 0 Å². The highest BCUT2D eigenvalue weighted by Crippen LogP contribution is 2.24. The monoisotopic (exact) mass is 287 g/mol. The Kier molecular flexibility index (Phi) is 3.91. The van der Waals surface area contributed by atoms with E-state index >= 15 is 0 Å². The lowest BCUT2D eigenvalue weighted by Gasteiger charge is -2.31. The first kappa shape index (κ1) is 14.0. The Hall–Kier alpha value is -1.41. The van der Waals surface area contributed by atoms with Crippen molar-refractivity contribution in [2.24, 2.45) is 0 Å². The number of H-pyrrole nitrogens is 1. The number of imidazole rings is 1. The molecule has 0 saturated carbocycles. The van der Waals surface area contributed by atoms with Crippen molar-refractivity contribution in [3.8, 4) is 0 Å². The van der Waals surface area contributed by atoms with E-state index in [-0.39, 0.29) is 11.6 Å². The van der Waals surface area contributed by atoms with Crippen LogP contribution < -0.4 is 0 Å². The van der Waals surface area contributed by atoms with Gasteiger partial charge in [0.05, 0.1) is 6.20 Å². The van der Waals surface area contributed by atoms with Crippen LogP contribution in [0.15, 0.2) is 11.2 Å². The molecular weight excluding hydrogens is 270 g/mol. The van der Waals surface area contributed by atoms with Gasteiger partial charge in [-0.05, 0) is 19.3 Å². The number of aromatic amines is 1. The fraction of sp³-hybridized carbons (Fsp3) is 0.636. The number of carboxylic acids is 1. The van der Waals surface area contributed by atoms with E-state index in [0.717, 1.165) is 10.7 Å². The zero-order valence-electron chi connectivity index (χ0n) is 10.7. The molecule has 0 spiro atoms. The molecule has 8 heteroatoms. The Morgan fingerprint density at radius 3 is 2.89 bits per heavy atom. The van der Waals surface area contributed by atoms with E-state index in [2.05, 4.69) is 9.97 Å². The summed E-state index contributed by atoms with van der Waals surface area (Å²) in [6, 6.07) is -0.980. The number of carboxylic acid groups (broad SMARTS) is 1. The van der Waals surface area contributed by atoms with E-state index in [0.29, 0.717) is 25.1 Å². The zero-order valence-corrected chi connectivity index (χ0v) is 11.5. The van der Waals surface area contributed by atoms with Crippen molar-refractivity contribution in [2.45, 2.75) is 43.7 Å². The number of nitrogens with zero attached hydrogens (tertiary/aromatic N) is 2. The molecule has 1 aromatic rings. The molecule has 1 fully saturated rings. The average molecular weight is 287 g/mol. The molecule has 0 radical (unpaired) electrons. The van der Waals surface area contributed by atoms with Crippen LogP contribution in [0.5, 0.6) is 0 Å². The second-order valence-corrected chi connectivity index (χ2v) is 6.37. The number of rotatable bonds is 4. The van der Waals surface area contributed by atoms with Gasteiger partial charge in [-0.15, -0.1) is 0 Å². The molecule has 1 atom stereocenters. The van der Waals surface area contributed by atoms with Crippen LogP contribution in [0.25, 0.3) is 0 Å². The highest BCUT2D eigenvalue weighted by atomic mass is 32.2. The molecule has 0 bridgehead atoms. The van der Waals surface area contributed by atoms with Gasteiger partial charge in [0.2, 0.25) is 0 Å². The molecular formula is C11H17N3O4S. The van der Waals surface area contributed by atoms with Gasteiger partial charge < -0.3 is 10.1 Å². The summed E-state index contributed by atoms with van der Waals surface area (Å²) in [4.78, 5) is 17.9. The molecule has 2 N–H and O–H groups in total. The number of carbonyl (C=O) groups is 1. The number of aromatic nitrogens is 2. The maximum Gasteiger partial charge on any atom is 0.322 e. The highest BCUT2D eigenvalue weighted by Gasteiger charge is 2.38. The van der Waals surface area contributed by atoms with Crippen LogP contribution in [0.4, 0.5) is 0 Å². The third-order valence-electron chi connectivity index (χ3n) is 3.27. The Morgan fingerprint density at radius 1 is 1.58 bits per heavy atom. The number of aryl methyl sites for hydroxylation is 1. The number of piperidine rings is 1. The smallest absolute Gasteiger partial charge is 0.322 e. The summed E-state index contributed by atoms with van der Waals surface area (Å²) in [5.74, 6) is -0.527. The minimum absolute atomic E-state index is 0.0301. The molecule has 106 valence electrons. The number of hydrogen-bond acceptors (Lipinski definition) is 4. The molecule has 7 nitrogen and oxygen atoms in total. The van der Waals surface area contributed by atoms with E-state index in [1.165, 1.54) is 6.20 Å². The average Bonchev–Trinajstić information content (AvgIpc) is 2.88. The topological polar surface area (TPSA) is 103 Å². The van der Waals surface area contributed by atoms with Crippen molar-refractivity contribution in [3.63, 3.8) is 0 Å². The third-order valence-corrected chi connectivity index (χ3v) is 5.08. The molecule has 19 heavy (non-hydrogen) atoms. The van der Waals surface area contributed by atoms with Gasteiger partial charge in [-0.3, -0.25) is 4.79 Å². The van der Waals surface area contributed by atoms with Crippen molar-refractivity contribution >= 4 is 16.0 Å². The van der Waals surface area contributed by atoms with E-state index in [1.807, 2.05) is 6.92 Å². The van der Waals surface area contributed by atoms with Gasteiger partial charge in [-0.25, -0.2) is 13.4 Å². The van der Waals surface area contributed by atoms with Crippen LogP contribution in [-0.2, 0) is 21.2 Å². The van der Waals surface area contributed by atoms with Crippen LogP contribution >= 0.6 is 0 Å². The lowest BCUT2D eigenvalue weighted by atomic mass is 10.1. The van der Waals surface area contributed by atoms with Gasteiger partial charge >= 0.3 is 5.97 Å². The van der Waals surface area contributed by atoms with Crippen LogP contribution in [-0.4, -0.2) is 46.4 Å². The predicted molar refractivity (Wildman–Crippen MR) is 67.1 cm³/mol. The van der Waals surface area contributed by atoms with Crippen molar-refractivity contribution in [1.82, 2.24) is 14.3 Å². The van der Waals surface area contributed by atoms with E-state index in [9.17, 15) is 13.2 Å². The predicted octanol–water partition coefficient (Wildman–Crippen LogP) is 0.600. The van der Waals surface area contributed by atoms with E-state index < -0.39 is 22.0 Å². The number of aliphatic carboxylic acids is 1. The maximum absolute atomic E-state index is 12.4. The standard InChI is InChI=1S/C11H17N3O4S/c1-2-9-12-7-10(13-9)19(17,18)14-6-4-3-5-8(14)11(15)16/h7-8H,2-6H2,1H3,(H,12,13)(H,15,16)/t8-/m0/s1. The van der Waals surface area contributed by atoms with Crippen molar-refractivity contribution in [3.05, 3.63) is 12.0 Å². The largest absolute Gasteiger partial charge is 0.480 e. The van der Waals surface area contributed by atoms with Crippen molar-refractivity contribution in [2.75, 3.05) is 6.54 Å². The van der Waals surface area contributed by atoms with Crippen LogP contribution in [0, 0.1) is 0 Å². The second kappa shape index (κ2) is 5.30. The summed E-state index contributed by atoms with van der Waals surface area (Å²) < 4.78 is 25.9. The fourth-order valence-corrected chi connectivity index (χ4v) is 3.81. The molecule has 2 rings (SSSR count). The number of nitrogens with one attached hydrogen (secondary N) is 1. The maximum atomic E-state index is 12.4. The SMILES string of the molecule is CCc1ncc(S(=O)(=O)N2CCCC[C@H]2C(=O)O)[nH]1. The van der Waals surface area contributed by atoms with Gasteiger partial charge in [0.1, 0.15) is 11.9 Å². The minimum atomic E-state index is -3.81. The molecule has 2 heterocycles. The first-order chi connectivity index (χ1) is 8.96. The summed E-state index contributed by atoms with van der Waals surface area (Å²) >= 11 is 0. The fourth-order valence-electron chi connectivity index (χ4n) is 2.22. The van der Waals surface area contributed by atoms with Crippen molar-refractivity contribution < 1.29 is 18.3 Å². The van der Waals surface area contributed by atoms with Gasteiger partial charge in [-0.1, -0.05) is 6.92 Å². The molecule has 0 amide bonds. The molecule has 0 aliphatic carbocycles. The lowest BCUT2D eigenvalue weighted by Crippen LogP contribution is -2.47. The van der Waals surface area contributed by atoms with Gasteiger partial charge in [-0.2, -0.15) is 4.31 Å². The second-order valence-electron chi connectivity index (χ2n) is 4.51. The van der Waals surface area contributed by atoms with Crippen LogP contribution in [0.1, 0.15) is 32.0 Å². The number of hydrogen-bond donors (Lipinski definition) is 2. The third kappa shape index (κ3) is 2.64. The first-order valence-corrected chi connectivity index (χ1v) is 7.69. The molecule has 1 saturated heterocycles. The lowest BCUT2D eigenvalue weighted by molar-refractivity contribution is -0.142. The van der Waals surface area contributed by atoms with Crippen LogP contribution in [0.3, 0.4) is 0 Å². The molecule has 0 aromatic carbocycles. The molecule has 1 aromatic heterocycles. The first-order valence-electron chi connectivity index (χ1n) is 6.25. The summed E-state index contributed by atoms with van der Waals surface area (Å²) in [6.07, 6.45) is 3.60. The molecule has 0 unspecified atom stereocenters. The van der Waals surface area contributed by atoms with Gasteiger partial charge in [0.25, 0.3) is 10.0 Å². The Balaban J connectivity index is 2.34. The number of sulfonamides is 1. The minimum Gasteiger partial charge on any atom is -0.480 e.